The molecule has 3 N–H and O–H groups in total. The van der Waals surface area contributed by atoms with Crippen molar-refractivity contribution in [2.24, 2.45) is 5.92 Å². The number of nitrogens with two attached hydrogens (primary N) is 1. The minimum atomic E-state index is -0.334. The first-order valence-electron chi connectivity index (χ1n) is 8.13. The summed E-state index contributed by atoms with van der Waals surface area (Å²) in [4.78, 5) is 28.7. The molecular formula is C17H19N5O2. The van der Waals surface area contributed by atoms with Crippen LogP contribution >= 0.6 is 0 Å². The maximum atomic E-state index is 13.0. The molecule has 24 heavy (non-hydrogen) atoms. The maximum absolute atomic E-state index is 13.0. The number of nitrogens with zero attached hydrogens (tertiary/aromatic N) is 3. The Morgan fingerprint density at radius 2 is 2.25 bits per heavy atom. The summed E-state index contributed by atoms with van der Waals surface area (Å²) >= 11 is 0. The Bertz CT molecular complexity index is 786. The molecule has 2 amide bonds. The number of H-pyrrole nitrogens is 1. The molecule has 3 heterocycles. The van der Waals surface area contributed by atoms with E-state index in [0.29, 0.717) is 18.8 Å². The Morgan fingerprint density at radius 1 is 1.38 bits per heavy atom. The van der Waals surface area contributed by atoms with Crippen LogP contribution in [0.15, 0.2) is 30.6 Å². The molecule has 2 aromatic rings. The Balaban J connectivity index is 1.58. The fourth-order valence-electron chi connectivity index (χ4n) is 3.62. The SMILES string of the molecule is Nc1cccc2c1CCCN2C(=O)C1CC(=O)N(c2cn[nH]c2)C1. The van der Waals surface area contributed by atoms with Crippen molar-refractivity contribution in [3.05, 3.63) is 36.2 Å². The van der Waals surface area contributed by atoms with Crippen molar-refractivity contribution in [2.75, 3.05) is 28.6 Å². The lowest BCUT2D eigenvalue weighted by molar-refractivity contribution is -0.124. The average Bonchev–Trinajstić information content (AvgIpc) is 3.23. The van der Waals surface area contributed by atoms with E-state index in [1.165, 1.54) is 0 Å². The second kappa shape index (κ2) is 5.67. The molecule has 0 aliphatic carbocycles. The summed E-state index contributed by atoms with van der Waals surface area (Å²) in [7, 11) is 0. The van der Waals surface area contributed by atoms with Gasteiger partial charge in [0.1, 0.15) is 0 Å². The number of hydrogen-bond acceptors (Lipinski definition) is 4. The molecule has 2 aliphatic rings. The van der Waals surface area contributed by atoms with Crippen molar-refractivity contribution in [1.82, 2.24) is 10.2 Å². The molecule has 1 aromatic heterocycles. The molecule has 2 aliphatic heterocycles. The second-order valence-corrected chi connectivity index (χ2v) is 6.30. The van der Waals surface area contributed by atoms with Crippen molar-refractivity contribution in [3.8, 4) is 0 Å². The molecule has 1 atom stereocenters. The number of carbonyl (C=O) groups excluding carboxylic acids is 2. The van der Waals surface area contributed by atoms with Gasteiger partial charge in [0.25, 0.3) is 0 Å². The fourth-order valence-corrected chi connectivity index (χ4v) is 3.62. The van der Waals surface area contributed by atoms with E-state index in [1.54, 1.807) is 22.2 Å². The van der Waals surface area contributed by atoms with Crippen LogP contribution in [0.4, 0.5) is 17.1 Å². The predicted octanol–water partition coefficient (Wildman–Crippen LogP) is 1.32. The number of aromatic amines is 1. The van der Waals surface area contributed by atoms with Crippen LogP contribution < -0.4 is 15.5 Å². The van der Waals surface area contributed by atoms with Gasteiger partial charge < -0.3 is 15.5 Å². The molecule has 0 spiro atoms. The molecule has 1 saturated heterocycles. The molecule has 0 bridgehead atoms. The van der Waals surface area contributed by atoms with E-state index < -0.39 is 0 Å². The molecule has 4 rings (SSSR count). The molecule has 0 saturated carbocycles. The van der Waals surface area contributed by atoms with Crippen LogP contribution in [-0.4, -0.2) is 35.1 Å². The normalized spacial score (nSPS) is 20.3. The van der Waals surface area contributed by atoms with Gasteiger partial charge in [0, 0.05) is 37.1 Å². The Morgan fingerprint density at radius 3 is 3.04 bits per heavy atom. The zero-order chi connectivity index (χ0) is 16.7. The van der Waals surface area contributed by atoms with Gasteiger partial charge in [-0.3, -0.25) is 14.7 Å². The molecule has 1 fully saturated rings. The summed E-state index contributed by atoms with van der Waals surface area (Å²) in [5.74, 6) is -0.375. The zero-order valence-corrected chi connectivity index (χ0v) is 13.2. The highest BCUT2D eigenvalue weighted by Crippen LogP contribution is 2.34. The second-order valence-electron chi connectivity index (χ2n) is 6.30. The minimum absolute atomic E-state index is 0.000829. The first-order valence-corrected chi connectivity index (χ1v) is 8.13. The molecule has 7 nitrogen and oxygen atoms in total. The standard InChI is InChI=1S/C17H19N5O2/c18-14-4-1-5-15-13(14)3-2-6-21(15)17(24)11-7-16(23)22(10-11)12-8-19-20-9-12/h1,4-5,8-9,11H,2-3,6-7,10,18H2,(H,19,20). The van der Waals surface area contributed by atoms with Gasteiger partial charge in [-0.1, -0.05) is 6.07 Å². The summed E-state index contributed by atoms with van der Waals surface area (Å²) in [5, 5.41) is 6.57. The number of fused-ring (bicyclic) bond motifs is 1. The first-order chi connectivity index (χ1) is 11.6. The van der Waals surface area contributed by atoms with E-state index in [0.717, 1.165) is 29.8 Å². The lowest BCUT2D eigenvalue weighted by atomic mass is 9.97. The predicted molar refractivity (Wildman–Crippen MR) is 90.6 cm³/mol. The monoisotopic (exact) mass is 325 g/mol. The number of amides is 2. The van der Waals surface area contributed by atoms with Crippen LogP contribution in [0.2, 0.25) is 0 Å². The van der Waals surface area contributed by atoms with Gasteiger partial charge in [-0.15, -0.1) is 0 Å². The number of anilines is 3. The van der Waals surface area contributed by atoms with Gasteiger partial charge in [-0.05, 0) is 30.5 Å². The maximum Gasteiger partial charge on any atom is 0.232 e. The van der Waals surface area contributed by atoms with E-state index in [9.17, 15) is 9.59 Å². The lowest BCUT2D eigenvalue weighted by Gasteiger charge is -2.32. The van der Waals surface area contributed by atoms with Crippen molar-refractivity contribution >= 4 is 28.9 Å². The zero-order valence-electron chi connectivity index (χ0n) is 13.2. The molecule has 7 heteroatoms. The van der Waals surface area contributed by atoms with Crippen LogP contribution in [0, 0.1) is 5.92 Å². The molecule has 124 valence electrons. The topological polar surface area (TPSA) is 95.3 Å². The highest BCUT2D eigenvalue weighted by molar-refractivity contribution is 6.05. The number of carbonyl (C=O) groups is 2. The highest BCUT2D eigenvalue weighted by atomic mass is 16.2. The van der Waals surface area contributed by atoms with Crippen LogP contribution in [-0.2, 0) is 16.0 Å². The number of rotatable bonds is 2. The van der Waals surface area contributed by atoms with Crippen LogP contribution in [0.25, 0.3) is 0 Å². The van der Waals surface area contributed by atoms with E-state index in [4.69, 9.17) is 5.73 Å². The molecule has 1 aromatic carbocycles. The number of aromatic nitrogens is 2. The largest absolute Gasteiger partial charge is 0.398 e. The third kappa shape index (κ3) is 2.33. The smallest absolute Gasteiger partial charge is 0.232 e. The summed E-state index contributed by atoms with van der Waals surface area (Å²) in [6.45, 7) is 1.07. The van der Waals surface area contributed by atoms with Gasteiger partial charge >= 0.3 is 0 Å². The summed E-state index contributed by atoms with van der Waals surface area (Å²) < 4.78 is 0. The van der Waals surface area contributed by atoms with E-state index >= 15 is 0 Å². The van der Waals surface area contributed by atoms with E-state index in [-0.39, 0.29) is 24.2 Å². The van der Waals surface area contributed by atoms with Crippen molar-refractivity contribution in [2.45, 2.75) is 19.3 Å². The summed E-state index contributed by atoms with van der Waals surface area (Å²) in [5.41, 5.74) is 9.42. The molecular weight excluding hydrogens is 306 g/mol. The van der Waals surface area contributed by atoms with Gasteiger partial charge in [0.15, 0.2) is 0 Å². The Hall–Kier alpha value is -2.83. The van der Waals surface area contributed by atoms with Crippen molar-refractivity contribution in [3.63, 3.8) is 0 Å². The van der Waals surface area contributed by atoms with Gasteiger partial charge in [0.2, 0.25) is 11.8 Å². The van der Waals surface area contributed by atoms with Crippen molar-refractivity contribution < 1.29 is 9.59 Å². The number of nitrogen functional groups attached to an aromatic ring is 1. The van der Waals surface area contributed by atoms with Gasteiger partial charge in [-0.25, -0.2) is 0 Å². The van der Waals surface area contributed by atoms with Crippen LogP contribution in [0.1, 0.15) is 18.4 Å². The number of benzene rings is 1. The first kappa shape index (κ1) is 14.7. The fraction of sp³-hybridized carbons (Fsp3) is 0.353. The summed E-state index contributed by atoms with van der Waals surface area (Å²) in [6, 6.07) is 5.68. The van der Waals surface area contributed by atoms with Crippen molar-refractivity contribution in [1.29, 1.82) is 0 Å². The van der Waals surface area contributed by atoms with Gasteiger partial charge in [-0.2, -0.15) is 5.10 Å². The average molecular weight is 325 g/mol. The van der Waals surface area contributed by atoms with Gasteiger partial charge in [0.05, 0.1) is 17.8 Å². The van der Waals surface area contributed by atoms with Crippen LogP contribution in [0.3, 0.4) is 0 Å². The summed E-state index contributed by atoms with van der Waals surface area (Å²) in [6.07, 6.45) is 5.27. The van der Waals surface area contributed by atoms with Crippen LogP contribution in [0.5, 0.6) is 0 Å². The molecule has 0 radical (unpaired) electrons. The minimum Gasteiger partial charge on any atom is -0.398 e. The Kier molecular flexibility index (Phi) is 3.48. The quantitative estimate of drug-likeness (QED) is 0.814. The lowest BCUT2D eigenvalue weighted by Crippen LogP contribution is -2.40. The molecule has 1 unspecified atom stereocenters. The highest BCUT2D eigenvalue weighted by Gasteiger charge is 2.38. The Labute approximate surface area is 139 Å². The van der Waals surface area contributed by atoms with E-state index in [2.05, 4.69) is 10.2 Å². The number of nitrogens with one attached hydrogen (secondary N) is 1. The number of hydrogen-bond donors (Lipinski definition) is 2. The van der Waals surface area contributed by atoms with E-state index in [1.807, 2.05) is 18.2 Å². The third-order valence-electron chi connectivity index (χ3n) is 4.82. The third-order valence-corrected chi connectivity index (χ3v) is 4.82.